The van der Waals surface area contributed by atoms with E-state index < -0.39 is 10.0 Å². The monoisotopic (exact) mass is 363 g/mol. The number of primary sulfonamides is 1. The third kappa shape index (κ3) is 5.65. The van der Waals surface area contributed by atoms with Crippen LogP contribution in [0.5, 0.6) is 5.75 Å². The maximum atomic E-state index is 12.0. The summed E-state index contributed by atoms with van der Waals surface area (Å²) in [6.07, 6.45) is 2.27. The minimum Gasteiger partial charge on any atom is -0.495 e. The van der Waals surface area contributed by atoms with E-state index in [1.54, 1.807) is 0 Å². The zero-order valence-electron chi connectivity index (χ0n) is 12.9. The summed E-state index contributed by atoms with van der Waals surface area (Å²) in [6, 6.07) is 4.12. The third-order valence-electron chi connectivity index (χ3n) is 3.72. The van der Waals surface area contributed by atoms with Crippen molar-refractivity contribution >= 4 is 34.0 Å². The van der Waals surface area contributed by atoms with Gasteiger partial charge in [-0.25, -0.2) is 13.6 Å². The number of rotatable bonds is 6. The fraction of sp³-hybridized carbons (Fsp3) is 0.500. The van der Waals surface area contributed by atoms with Gasteiger partial charge in [-0.1, -0.05) is 0 Å². The molecule has 1 aliphatic heterocycles. The topological polar surface area (TPSA) is 111 Å². The van der Waals surface area contributed by atoms with Gasteiger partial charge in [-0.2, -0.15) is 0 Å². The van der Waals surface area contributed by atoms with Crippen molar-refractivity contribution in [3.05, 3.63) is 18.2 Å². The molecule has 0 aromatic heterocycles. The van der Waals surface area contributed by atoms with E-state index in [1.165, 1.54) is 25.3 Å². The number of anilines is 1. The minimum atomic E-state index is -3.83. The largest absolute Gasteiger partial charge is 0.495 e. The van der Waals surface area contributed by atoms with Crippen LogP contribution in [0, 0.1) is 5.92 Å². The molecule has 1 heterocycles. The van der Waals surface area contributed by atoms with E-state index in [4.69, 9.17) is 9.88 Å². The Balaban J connectivity index is 0.00000264. The molecule has 0 bridgehead atoms. The second kappa shape index (κ2) is 8.49. The molecule has 1 aliphatic rings. The van der Waals surface area contributed by atoms with E-state index in [1.807, 2.05) is 0 Å². The SMILES string of the molecule is COc1ccc(S(N)(=O)=O)cc1NC(=O)CCC1CCNC1.Cl. The lowest BCUT2D eigenvalue weighted by Crippen LogP contribution is -2.17. The summed E-state index contributed by atoms with van der Waals surface area (Å²) in [7, 11) is -2.38. The first kappa shape index (κ1) is 19.7. The number of nitrogens with two attached hydrogens (primary N) is 1. The maximum Gasteiger partial charge on any atom is 0.238 e. The fourth-order valence-electron chi connectivity index (χ4n) is 2.47. The van der Waals surface area contributed by atoms with Crippen LogP contribution in [0.2, 0.25) is 0 Å². The fourth-order valence-corrected chi connectivity index (χ4v) is 3.01. The van der Waals surface area contributed by atoms with Crippen molar-refractivity contribution in [2.45, 2.75) is 24.2 Å². The van der Waals surface area contributed by atoms with Gasteiger partial charge in [0, 0.05) is 6.42 Å². The van der Waals surface area contributed by atoms with Crippen molar-refractivity contribution < 1.29 is 17.9 Å². The molecule has 0 saturated carbocycles. The first-order chi connectivity index (χ1) is 10.4. The standard InChI is InChI=1S/C14H21N3O4S.ClH/c1-21-13-4-3-11(22(15,19)20)8-12(13)17-14(18)5-2-10-6-7-16-9-10;/h3-4,8,10,16H,2,5-7,9H2,1H3,(H,17,18)(H2,15,19,20);1H. The average Bonchev–Trinajstić information content (AvgIpc) is 2.97. The van der Waals surface area contributed by atoms with E-state index >= 15 is 0 Å². The number of methoxy groups -OCH3 is 1. The van der Waals surface area contributed by atoms with Gasteiger partial charge < -0.3 is 15.4 Å². The summed E-state index contributed by atoms with van der Waals surface area (Å²) < 4.78 is 27.9. The second-order valence-corrected chi connectivity index (χ2v) is 6.91. The number of sulfonamides is 1. The first-order valence-electron chi connectivity index (χ1n) is 7.11. The van der Waals surface area contributed by atoms with E-state index in [-0.39, 0.29) is 23.2 Å². The van der Waals surface area contributed by atoms with Crippen LogP contribution in [-0.4, -0.2) is 34.5 Å². The molecule has 1 unspecified atom stereocenters. The van der Waals surface area contributed by atoms with E-state index in [0.717, 1.165) is 25.9 Å². The average molecular weight is 364 g/mol. The van der Waals surface area contributed by atoms with Crippen molar-refractivity contribution in [3.63, 3.8) is 0 Å². The molecular formula is C14H22ClN3O4S. The summed E-state index contributed by atoms with van der Waals surface area (Å²) in [5.74, 6) is 0.739. The van der Waals surface area contributed by atoms with Crippen molar-refractivity contribution in [1.82, 2.24) is 5.32 Å². The Kier molecular flexibility index (Phi) is 7.27. The number of halogens is 1. The minimum absolute atomic E-state index is 0. The number of hydrogen-bond donors (Lipinski definition) is 3. The second-order valence-electron chi connectivity index (χ2n) is 5.35. The Bertz CT molecular complexity index is 645. The third-order valence-corrected chi connectivity index (χ3v) is 4.63. The lowest BCUT2D eigenvalue weighted by atomic mass is 10.0. The Morgan fingerprint density at radius 1 is 1.48 bits per heavy atom. The van der Waals surface area contributed by atoms with Crippen LogP contribution in [0.4, 0.5) is 5.69 Å². The summed E-state index contributed by atoms with van der Waals surface area (Å²) in [6.45, 7) is 1.94. The molecule has 23 heavy (non-hydrogen) atoms. The molecule has 130 valence electrons. The van der Waals surface area contributed by atoms with Crippen LogP contribution in [-0.2, 0) is 14.8 Å². The highest BCUT2D eigenvalue weighted by Crippen LogP contribution is 2.27. The molecule has 0 spiro atoms. The number of carbonyl (C=O) groups is 1. The highest BCUT2D eigenvalue weighted by atomic mass is 35.5. The number of benzene rings is 1. The predicted molar refractivity (Wildman–Crippen MR) is 90.5 cm³/mol. The Morgan fingerprint density at radius 3 is 2.78 bits per heavy atom. The zero-order chi connectivity index (χ0) is 16.2. The maximum absolute atomic E-state index is 12.0. The molecule has 7 nitrogen and oxygen atoms in total. The van der Waals surface area contributed by atoms with Crippen LogP contribution in [0.1, 0.15) is 19.3 Å². The van der Waals surface area contributed by atoms with Gasteiger partial charge in [-0.15, -0.1) is 12.4 Å². The smallest absolute Gasteiger partial charge is 0.238 e. The van der Waals surface area contributed by atoms with Crippen LogP contribution in [0.3, 0.4) is 0 Å². The summed E-state index contributed by atoms with van der Waals surface area (Å²) in [5, 5.41) is 11.1. The molecular weight excluding hydrogens is 342 g/mol. The highest BCUT2D eigenvalue weighted by molar-refractivity contribution is 7.89. The number of amides is 1. The number of ether oxygens (including phenoxy) is 1. The van der Waals surface area contributed by atoms with E-state index in [0.29, 0.717) is 23.8 Å². The van der Waals surface area contributed by atoms with Crippen molar-refractivity contribution in [3.8, 4) is 5.75 Å². The van der Waals surface area contributed by atoms with Crippen LogP contribution in [0.15, 0.2) is 23.1 Å². The molecule has 9 heteroatoms. The van der Waals surface area contributed by atoms with Crippen LogP contribution < -0.4 is 20.5 Å². The van der Waals surface area contributed by atoms with Gasteiger partial charge in [-0.3, -0.25) is 4.79 Å². The molecule has 1 aromatic rings. The van der Waals surface area contributed by atoms with Crippen LogP contribution >= 0.6 is 12.4 Å². The van der Waals surface area contributed by atoms with Gasteiger partial charge in [0.1, 0.15) is 5.75 Å². The molecule has 1 aromatic carbocycles. The normalized spacial score (nSPS) is 17.4. The first-order valence-corrected chi connectivity index (χ1v) is 8.66. The van der Waals surface area contributed by atoms with E-state index in [2.05, 4.69) is 10.6 Å². The van der Waals surface area contributed by atoms with Crippen molar-refractivity contribution in [1.29, 1.82) is 0 Å². The van der Waals surface area contributed by atoms with Gasteiger partial charge in [0.15, 0.2) is 0 Å². The van der Waals surface area contributed by atoms with Gasteiger partial charge in [-0.05, 0) is 50.0 Å². The number of hydrogen-bond acceptors (Lipinski definition) is 5. The molecule has 4 N–H and O–H groups in total. The molecule has 0 radical (unpaired) electrons. The molecule has 1 saturated heterocycles. The predicted octanol–water partition coefficient (Wildman–Crippen LogP) is 1.09. The van der Waals surface area contributed by atoms with Crippen molar-refractivity contribution in [2.75, 3.05) is 25.5 Å². The van der Waals surface area contributed by atoms with Crippen molar-refractivity contribution in [2.24, 2.45) is 11.1 Å². The Labute approximate surface area is 142 Å². The number of carbonyl (C=O) groups excluding carboxylic acids is 1. The quantitative estimate of drug-likeness (QED) is 0.700. The Hall–Kier alpha value is -1.35. The summed E-state index contributed by atoms with van der Waals surface area (Å²) in [4.78, 5) is 12.0. The molecule has 1 atom stereocenters. The van der Waals surface area contributed by atoms with Gasteiger partial charge in [0.25, 0.3) is 0 Å². The number of nitrogens with one attached hydrogen (secondary N) is 2. The lowest BCUT2D eigenvalue weighted by molar-refractivity contribution is -0.116. The molecule has 1 fully saturated rings. The summed E-state index contributed by atoms with van der Waals surface area (Å²) in [5.41, 5.74) is 0.309. The highest BCUT2D eigenvalue weighted by Gasteiger charge is 2.17. The van der Waals surface area contributed by atoms with Crippen LogP contribution in [0.25, 0.3) is 0 Å². The summed E-state index contributed by atoms with van der Waals surface area (Å²) >= 11 is 0. The molecule has 2 rings (SSSR count). The molecule has 1 amide bonds. The Morgan fingerprint density at radius 2 is 2.22 bits per heavy atom. The van der Waals surface area contributed by atoms with Gasteiger partial charge >= 0.3 is 0 Å². The van der Waals surface area contributed by atoms with Gasteiger partial charge in [0.2, 0.25) is 15.9 Å². The van der Waals surface area contributed by atoms with Gasteiger partial charge in [0.05, 0.1) is 17.7 Å². The zero-order valence-corrected chi connectivity index (χ0v) is 14.5. The van der Waals surface area contributed by atoms with E-state index in [9.17, 15) is 13.2 Å². The molecule has 0 aliphatic carbocycles. The lowest BCUT2D eigenvalue weighted by Gasteiger charge is -2.12.